The fourth-order valence-corrected chi connectivity index (χ4v) is 3.14. The predicted molar refractivity (Wildman–Crippen MR) is 90.8 cm³/mol. The van der Waals surface area contributed by atoms with E-state index in [0.29, 0.717) is 19.6 Å². The van der Waals surface area contributed by atoms with Crippen LogP contribution < -0.4 is 5.32 Å². The van der Waals surface area contributed by atoms with E-state index in [4.69, 9.17) is 0 Å². The van der Waals surface area contributed by atoms with Crippen LogP contribution in [-0.4, -0.2) is 29.4 Å². The van der Waals surface area contributed by atoms with Gasteiger partial charge in [-0.25, -0.2) is 4.39 Å². The van der Waals surface area contributed by atoms with E-state index in [1.165, 1.54) is 12.1 Å². The van der Waals surface area contributed by atoms with Gasteiger partial charge in [-0.2, -0.15) is 0 Å². The Bertz CT molecular complexity index is 797. The number of hydrogen-bond donors (Lipinski definition) is 2. The number of hydrogen-bond acceptors (Lipinski definition) is 3. The number of likely N-dealkylation sites (N-methyl/N-ethyl adjacent to an activating group) is 1. The van der Waals surface area contributed by atoms with Crippen LogP contribution in [0.5, 0.6) is 0 Å². The number of thiophene rings is 1. The number of nitrogens with zero attached hydrogens (tertiary/aromatic N) is 1. The molecule has 3 rings (SSSR count). The molecule has 0 radical (unpaired) electrons. The summed E-state index contributed by atoms with van der Waals surface area (Å²) in [5.41, 5.74) is 1.86. The maximum Gasteiger partial charge on any atom is 0.234 e. The van der Waals surface area contributed by atoms with Crippen LogP contribution in [0.3, 0.4) is 0 Å². The van der Waals surface area contributed by atoms with Gasteiger partial charge in [-0.3, -0.25) is 9.69 Å². The Morgan fingerprint density at radius 3 is 3.00 bits per heavy atom. The Hall–Kier alpha value is -2.18. The van der Waals surface area contributed by atoms with E-state index in [1.807, 2.05) is 35.5 Å². The van der Waals surface area contributed by atoms with E-state index in [2.05, 4.69) is 10.3 Å². The standard InChI is InChI=1S/C17H18FN3OS/c1-21(11-17(22)19-9-15-3-2-6-23-15)10-14-8-12-7-13(18)4-5-16(12)20-14/h2-8,20H,9-11H2,1H3,(H,19,22). The number of rotatable bonds is 6. The lowest BCUT2D eigenvalue weighted by Gasteiger charge is -2.15. The summed E-state index contributed by atoms with van der Waals surface area (Å²) in [5, 5.41) is 5.74. The molecule has 0 unspecified atom stereocenters. The van der Waals surface area contributed by atoms with Crippen LogP contribution in [0.2, 0.25) is 0 Å². The minimum Gasteiger partial charge on any atom is -0.357 e. The number of carbonyl (C=O) groups excluding carboxylic acids is 1. The van der Waals surface area contributed by atoms with Crippen molar-refractivity contribution in [2.75, 3.05) is 13.6 Å². The molecule has 0 spiro atoms. The minimum absolute atomic E-state index is 0.0111. The molecule has 0 atom stereocenters. The van der Waals surface area contributed by atoms with Crippen LogP contribution in [0, 0.1) is 5.82 Å². The summed E-state index contributed by atoms with van der Waals surface area (Å²) in [4.78, 5) is 18.2. The van der Waals surface area contributed by atoms with Gasteiger partial charge in [0.1, 0.15) is 5.82 Å². The number of carbonyl (C=O) groups is 1. The number of amides is 1. The van der Waals surface area contributed by atoms with Gasteiger partial charge in [0.2, 0.25) is 5.91 Å². The van der Waals surface area contributed by atoms with Gasteiger partial charge < -0.3 is 10.3 Å². The van der Waals surface area contributed by atoms with Gasteiger partial charge >= 0.3 is 0 Å². The molecule has 3 aromatic rings. The average Bonchev–Trinajstić information content (AvgIpc) is 3.13. The topological polar surface area (TPSA) is 48.1 Å². The summed E-state index contributed by atoms with van der Waals surface area (Å²) in [6.07, 6.45) is 0. The molecule has 0 aliphatic rings. The number of aromatic nitrogens is 1. The summed E-state index contributed by atoms with van der Waals surface area (Å²) in [7, 11) is 1.89. The van der Waals surface area contributed by atoms with E-state index in [0.717, 1.165) is 21.5 Å². The third kappa shape index (κ3) is 4.18. The van der Waals surface area contributed by atoms with Crippen molar-refractivity contribution in [1.82, 2.24) is 15.2 Å². The molecule has 0 aliphatic heterocycles. The highest BCUT2D eigenvalue weighted by Crippen LogP contribution is 2.17. The van der Waals surface area contributed by atoms with Crippen molar-refractivity contribution in [2.24, 2.45) is 0 Å². The second kappa shape index (κ2) is 6.93. The van der Waals surface area contributed by atoms with E-state index < -0.39 is 0 Å². The summed E-state index contributed by atoms with van der Waals surface area (Å²) in [6, 6.07) is 10.5. The molecule has 0 fully saturated rings. The molecule has 2 N–H and O–H groups in total. The van der Waals surface area contributed by atoms with Gasteiger partial charge in [0.05, 0.1) is 13.1 Å². The molecule has 4 nitrogen and oxygen atoms in total. The number of nitrogens with one attached hydrogen (secondary N) is 2. The number of fused-ring (bicyclic) bond motifs is 1. The molecule has 1 aromatic carbocycles. The molecule has 6 heteroatoms. The quantitative estimate of drug-likeness (QED) is 0.729. The minimum atomic E-state index is -0.246. The zero-order valence-electron chi connectivity index (χ0n) is 12.8. The van der Waals surface area contributed by atoms with E-state index in [1.54, 1.807) is 17.4 Å². The number of aromatic amines is 1. The molecule has 1 amide bonds. The molecular weight excluding hydrogens is 313 g/mol. The Labute approximate surface area is 137 Å². The number of benzene rings is 1. The van der Waals surface area contributed by atoms with Crippen LogP contribution in [0.1, 0.15) is 10.6 Å². The van der Waals surface area contributed by atoms with Crippen molar-refractivity contribution in [3.8, 4) is 0 Å². The Balaban J connectivity index is 1.53. The first-order valence-electron chi connectivity index (χ1n) is 7.35. The van der Waals surface area contributed by atoms with Gasteiger partial charge in [-0.05, 0) is 42.8 Å². The van der Waals surface area contributed by atoms with Crippen molar-refractivity contribution in [2.45, 2.75) is 13.1 Å². The van der Waals surface area contributed by atoms with Crippen molar-refractivity contribution in [3.05, 3.63) is 58.2 Å². The van der Waals surface area contributed by atoms with Gasteiger partial charge in [0.25, 0.3) is 0 Å². The lowest BCUT2D eigenvalue weighted by atomic mass is 10.2. The molecule has 2 heterocycles. The maximum atomic E-state index is 13.2. The van der Waals surface area contributed by atoms with Crippen LogP contribution in [0.4, 0.5) is 4.39 Å². The molecule has 23 heavy (non-hydrogen) atoms. The fraction of sp³-hybridized carbons (Fsp3) is 0.235. The van der Waals surface area contributed by atoms with Gasteiger partial charge in [0, 0.05) is 28.0 Å². The molecular formula is C17H18FN3OS. The Morgan fingerprint density at radius 1 is 1.35 bits per heavy atom. The summed E-state index contributed by atoms with van der Waals surface area (Å²) < 4.78 is 13.2. The van der Waals surface area contributed by atoms with Crippen molar-refractivity contribution in [1.29, 1.82) is 0 Å². The smallest absolute Gasteiger partial charge is 0.234 e. The van der Waals surface area contributed by atoms with Crippen molar-refractivity contribution < 1.29 is 9.18 Å². The first-order chi connectivity index (χ1) is 11.1. The average molecular weight is 331 g/mol. The maximum absolute atomic E-state index is 13.2. The molecule has 0 aliphatic carbocycles. The summed E-state index contributed by atoms with van der Waals surface area (Å²) in [6.45, 7) is 1.48. The van der Waals surface area contributed by atoms with Crippen LogP contribution in [0.15, 0.2) is 41.8 Å². The SMILES string of the molecule is CN(CC(=O)NCc1cccs1)Cc1cc2cc(F)ccc2[nH]1. The zero-order chi connectivity index (χ0) is 16.2. The largest absolute Gasteiger partial charge is 0.357 e. The molecule has 0 saturated heterocycles. The highest BCUT2D eigenvalue weighted by molar-refractivity contribution is 7.09. The van der Waals surface area contributed by atoms with E-state index in [-0.39, 0.29) is 11.7 Å². The second-order valence-corrected chi connectivity index (χ2v) is 6.59. The van der Waals surface area contributed by atoms with Gasteiger partial charge in [0.15, 0.2) is 0 Å². The monoisotopic (exact) mass is 331 g/mol. The lowest BCUT2D eigenvalue weighted by Crippen LogP contribution is -2.34. The summed E-state index contributed by atoms with van der Waals surface area (Å²) >= 11 is 1.63. The van der Waals surface area contributed by atoms with Crippen LogP contribution in [-0.2, 0) is 17.9 Å². The lowest BCUT2D eigenvalue weighted by molar-refractivity contribution is -0.122. The normalized spacial score (nSPS) is 11.3. The zero-order valence-corrected chi connectivity index (χ0v) is 13.6. The number of halogens is 1. The van der Waals surface area contributed by atoms with E-state index in [9.17, 15) is 9.18 Å². The van der Waals surface area contributed by atoms with Gasteiger partial charge in [-0.1, -0.05) is 6.07 Å². The van der Waals surface area contributed by atoms with Crippen molar-refractivity contribution in [3.63, 3.8) is 0 Å². The third-order valence-electron chi connectivity index (χ3n) is 3.53. The van der Waals surface area contributed by atoms with Crippen LogP contribution in [0.25, 0.3) is 10.9 Å². The highest BCUT2D eigenvalue weighted by Gasteiger charge is 2.09. The molecule has 0 saturated carbocycles. The highest BCUT2D eigenvalue weighted by atomic mass is 32.1. The Kier molecular flexibility index (Phi) is 4.73. The van der Waals surface area contributed by atoms with E-state index >= 15 is 0 Å². The van der Waals surface area contributed by atoms with Gasteiger partial charge in [-0.15, -0.1) is 11.3 Å². The second-order valence-electron chi connectivity index (χ2n) is 5.55. The van der Waals surface area contributed by atoms with Crippen molar-refractivity contribution >= 4 is 28.1 Å². The Morgan fingerprint density at radius 2 is 2.22 bits per heavy atom. The molecule has 0 bridgehead atoms. The predicted octanol–water partition coefficient (Wildman–Crippen LogP) is 3.12. The first kappa shape index (κ1) is 15.7. The third-order valence-corrected chi connectivity index (χ3v) is 4.41. The fourth-order valence-electron chi connectivity index (χ4n) is 2.50. The number of H-pyrrole nitrogens is 1. The molecule has 2 aromatic heterocycles. The molecule has 120 valence electrons. The first-order valence-corrected chi connectivity index (χ1v) is 8.23. The summed E-state index contributed by atoms with van der Waals surface area (Å²) in [5.74, 6) is -0.257. The van der Waals surface area contributed by atoms with Crippen LogP contribution >= 0.6 is 11.3 Å².